The summed E-state index contributed by atoms with van der Waals surface area (Å²) in [7, 11) is 0. The van der Waals surface area contributed by atoms with Gasteiger partial charge in [-0.2, -0.15) is 0 Å². The second kappa shape index (κ2) is 10.7. The molecule has 0 aliphatic rings. The Balaban J connectivity index is 1.69. The van der Waals surface area contributed by atoms with Gasteiger partial charge < -0.3 is 0 Å². The summed E-state index contributed by atoms with van der Waals surface area (Å²) in [6, 6.07) is 43.3. The second-order valence-electron chi connectivity index (χ2n) is 7.94. The molecule has 30 heavy (non-hydrogen) atoms. The van der Waals surface area contributed by atoms with Crippen molar-refractivity contribution in [3.63, 3.8) is 0 Å². The molecule has 0 aliphatic carbocycles. The molecule has 0 aromatic heterocycles. The van der Waals surface area contributed by atoms with Crippen LogP contribution in [0.3, 0.4) is 0 Å². The topological polar surface area (TPSA) is 9.23 Å². The predicted molar refractivity (Wildman–Crippen MR) is 122 cm³/mol. The van der Waals surface area contributed by atoms with Crippen molar-refractivity contribution in [2.45, 2.75) is 19.0 Å². The van der Waals surface area contributed by atoms with Crippen molar-refractivity contribution in [3.8, 4) is 0 Å². The Morgan fingerprint density at radius 1 is 0.400 bits per heavy atom. The van der Waals surface area contributed by atoms with Gasteiger partial charge in [-0.3, -0.25) is 0 Å². The molecule has 4 aromatic rings. The first-order valence-corrected chi connectivity index (χ1v) is 16.8. The zero-order chi connectivity index (χ0) is 20.5. The maximum absolute atomic E-state index is 7.04. The van der Waals surface area contributed by atoms with Crippen LogP contribution in [-0.4, -0.2) is 0 Å². The van der Waals surface area contributed by atoms with Gasteiger partial charge in [-0.25, -0.2) is 0 Å². The second-order valence-corrected chi connectivity index (χ2v) is 17.1. The average Bonchev–Trinajstić information content (AvgIpc) is 2.80. The first-order valence-electron chi connectivity index (χ1n) is 10.6. The number of benzene rings is 4. The summed E-state index contributed by atoms with van der Waals surface area (Å²) < 4.78 is 10.3. The molecule has 150 valence electrons. The van der Waals surface area contributed by atoms with Gasteiger partial charge in [0.05, 0.1) is 0 Å². The van der Waals surface area contributed by atoms with Crippen molar-refractivity contribution < 1.29 is 23.5 Å². The van der Waals surface area contributed by atoms with E-state index < -0.39 is 20.7 Å². The third-order valence-electron chi connectivity index (χ3n) is 5.50. The van der Waals surface area contributed by atoms with Crippen LogP contribution in [0.1, 0.15) is 22.3 Å². The van der Waals surface area contributed by atoms with Crippen molar-refractivity contribution in [2.24, 2.45) is 0 Å². The third-order valence-corrected chi connectivity index (χ3v) is 15.1. The molecule has 1 nitrogen and oxygen atoms in total. The van der Waals surface area contributed by atoms with E-state index in [1.54, 1.807) is 0 Å². The van der Waals surface area contributed by atoms with E-state index >= 15 is 0 Å². The normalized spacial score (nSPS) is 11.3. The van der Waals surface area contributed by atoms with Crippen molar-refractivity contribution in [1.29, 1.82) is 0 Å². The van der Waals surface area contributed by atoms with Gasteiger partial charge in [-0.05, 0) is 0 Å². The van der Waals surface area contributed by atoms with Gasteiger partial charge in [0.1, 0.15) is 0 Å². The summed E-state index contributed by atoms with van der Waals surface area (Å²) in [5, 5.41) is 0. The van der Waals surface area contributed by atoms with Gasteiger partial charge in [0.2, 0.25) is 0 Å². The van der Waals surface area contributed by atoms with Crippen LogP contribution in [0.5, 0.6) is 0 Å². The van der Waals surface area contributed by atoms with E-state index in [4.69, 9.17) is 2.81 Å². The van der Waals surface area contributed by atoms with Crippen molar-refractivity contribution >= 4 is 0 Å². The van der Waals surface area contributed by atoms with E-state index in [0.29, 0.717) is 6.61 Å². The van der Waals surface area contributed by atoms with Crippen molar-refractivity contribution in [2.75, 3.05) is 0 Å². The third kappa shape index (κ3) is 6.11. The molecule has 2 heteroatoms. The molecule has 0 amide bonds. The van der Waals surface area contributed by atoms with Gasteiger partial charge in [0, 0.05) is 0 Å². The molecule has 0 radical (unpaired) electrons. The van der Waals surface area contributed by atoms with Crippen LogP contribution >= 0.6 is 0 Å². The molecule has 0 fully saturated rings. The number of hydrogen-bond acceptors (Lipinski definition) is 1. The van der Waals surface area contributed by atoms with E-state index in [9.17, 15) is 0 Å². The van der Waals surface area contributed by atoms with E-state index in [1.165, 1.54) is 22.3 Å². The van der Waals surface area contributed by atoms with Crippen LogP contribution in [-0.2, 0) is 42.5 Å². The van der Waals surface area contributed by atoms with Crippen LogP contribution in [0.15, 0.2) is 121 Å². The van der Waals surface area contributed by atoms with Crippen LogP contribution in [0, 0.1) is 0 Å². The fourth-order valence-electron chi connectivity index (χ4n) is 4.05. The summed E-state index contributed by atoms with van der Waals surface area (Å²) in [4.78, 5) is 0. The Morgan fingerprint density at radius 3 is 1.03 bits per heavy atom. The van der Waals surface area contributed by atoms with Gasteiger partial charge in [-0.15, -0.1) is 0 Å². The fraction of sp³-hybridized carbons (Fsp3) is 0.143. The van der Waals surface area contributed by atoms with Gasteiger partial charge >= 0.3 is 186 Å². The Kier molecular flexibility index (Phi) is 7.45. The average molecular weight is 472 g/mol. The quantitative estimate of drug-likeness (QED) is 0.259. The van der Waals surface area contributed by atoms with Crippen LogP contribution in [0.2, 0.25) is 0 Å². The SMILES string of the molecule is c1ccc(C[O][Zr]([CH2]c2ccccc2)([CH2]c2ccccc2)[CH2]c2ccccc2)cc1. The zero-order valence-electron chi connectivity index (χ0n) is 17.3. The molecule has 0 saturated heterocycles. The molecule has 0 saturated carbocycles. The molecule has 0 bridgehead atoms. The minimum atomic E-state index is -3.16. The summed E-state index contributed by atoms with van der Waals surface area (Å²) in [6.45, 7) is 0.698. The number of rotatable bonds is 9. The van der Waals surface area contributed by atoms with Crippen LogP contribution < -0.4 is 0 Å². The molecular weight excluding hydrogens is 444 g/mol. The Morgan fingerprint density at radius 2 is 0.700 bits per heavy atom. The molecule has 0 N–H and O–H groups in total. The molecule has 0 unspecified atom stereocenters. The molecule has 0 heterocycles. The molecule has 4 aromatic carbocycles. The summed E-state index contributed by atoms with van der Waals surface area (Å²) in [5.74, 6) is 0. The van der Waals surface area contributed by atoms with Crippen molar-refractivity contribution in [3.05, 3.63) is 144 Å². The molecule has 4 rings (SSSR count). The van der Waals surface area contributed by atoms with E-state index in [-0.39, 0.29) is 0 Å². The van der Waals surface area contributed by atoms with Gasteiger partial charge in [0.25, 0.3) is 0 Å². The van der Waals surface area contributed by atoms with E-state index in [0.717, 1.165) is 12.4 Å². The Bertz CT molecular complexity index is 900. The monoisotopic (exact) mass is 470 g/mol. The maximum atomic E-state index is 7.04. The molecule has 0 spiro atoms. The molecule has 0 atom stereocenters. The minimum absolute atomic E-state index is 0.698. The summed E-state index contributed by atoms with van der Waals surface area (Å²) in [5.41, 5.74) is 5.45. The van der Waals surface area contributed by atoms with E-state index in [1.807, 2.05) is 0 Å². The summed E-state index contributed by atoms with van der Waals surface area (Å²) in [6.07, 6.45) is 0. The fourth-order valence-corrected chi connectivity index (χ4v) is 14.1. The van der Waals surface area contributed by atoms with Crippen LogP contribution in [0.25, 0.3) is 0 Å². The molecular formula is C28H28OZr. The van der Waals surface area contributed by atoms with Crippen LogP contribution in [0.4, 0.5) is 0 Å². The Labute approximate surface area is 185 Å². The molecule has 0 aliphatic heterocycles. The Hall–Kier alpha value is -2.28. The van der Waals surface area contributed by atoms with Gasteiger partial charge in [-0.1, -0.05) is 0 Å². The van der Waals surface area contributed by atoms with E-state index in [2.05, 4.69) is 121 Å². The van der Waals surface area contributed by atoms with Crippen molar-refractivity contribution in [1.82, 2.24) is 0 Å². The first kappa shape index (κ1) is 21.0. The summed E-state index contributed by atoms with van der Waals surface area (Å²) >= 11 is -3.16. The standard InChI is InChI=1S/C7H7O.3C7H7.Zr/c8-6-7-4-2-1-3-5-7;3*1-7-5-3-2-4-6-7;/h1-5H,6H2;3*2-6H,1H2;/q-1;;;;+1. The van der Waals surface area contributed by atoms with Gasteiger partial charge in [0.15, 0.2) is 0 Å². The zero-order valence-corrected chi connectivity index (χ0v) is 19.7. The predicted octanol–water partition coefficient (Wildman–Crippen LogP) is 6.87. The first-order chi connectivity index (χ1) is 14.8. The number of hydrogen-bond donors (Lipinski definition) is 0.